The average Bonchev–Trinajstić information content (AvgIpc) is 2.48. The van der Waals surface area contributed by atoms with Gasteiger partial charge in [-0.3, -0.25) is 9.59 Å². The lowest BCUT2D eigenvalue weighted by molar-refractivity contribution is -0.141. The maximum absolute atomic E-state index is 12.5. The van der Waals surface area contributed by atoms with Gasteiger partial charge in [-0.15, -0.1) is 0 Å². The van der Waals surface area contributed by atoms with Crippen molar-refractivity contribution < 1.29 is 14.3 Å². The number of amides is 2. The van der Waals surface area contributed by atoms with Crippen molar-refractivity contribution in [3.8, 4) is 0 Å². The maximum atomic E-state index is 12.5. The molecule has 6 heteroatoms. The van der Waals surface area contributed by atoms with Gasteiger partial charge in [-0.1, -0.05) is 6.92 Å². The number of hydrogen-bond donors (Lipinski definition) is 2. The summed E-state index contributed by atoms with van der Waals surface area (Å²) in [5.74, 6) is 0.121. The Morgan fingerprint density at radius 1 is 1.30 bits per heavy atom. The molecule has 0 aromatic heterocycles. The molecule has 0 radical (unpaired) electrons. The van der Waals surface area contributed by atoms with Crippen LogP contribution in [0.4, 0.5) is 0 Å². The first-order valence-corrected chi connectivity index (χ1v) is 7.50. The second-order valence-corrected chi connectivity index (χ2v) is 5.76. The summed E-state index contributed by atoms with van der Waals surface area (Å²) in [5.41, 5.74) is 5.48. The third kappa shape index (κ3) is 3.49. The van der Waals surface area contributed by atoms with E-state index in [0.717, 1.165) is 12.8 Å². The van der Waals surface area contributed by atoms with Crippen LogP contribution in [0.2, 0.25) is 0 Å². The van der Waals surface area contributed by atoms with Crippen LogP contribution in [0.5, 0.6) is 0 Å². The molecule has 2 rings (SSSR count). The number of likely N-dealkylation sites (tertiary alicyclic amines) is 1. The number of ether oxygens (including phenoxy) is 1. The number of nitrogens with two attached hydrogens (primary N) is 1. The molecule has 20 heavy (non-hydrogen) atoms. The second kappa shape index (κ2) is 6.54. The highest BCUT2D eigenvalue weighted by molar-refractivity contribution is 5.86. The Kier molecular flexibility index (Phi) is 4.99. The van der Waals surface area contributed by atoms with Crippen molar-refractivity contribution in [1.82, 2.24) is 10.2 Å². The summed E-state index contributed by atoms with van der Waals surface area (Å²) in [6.45, 7) is 4.31. The lowest BCUT2D eigenvalue weighted by Crippen LogP contribution is -2.60. The summed E-state index contributed by atoms with van der Waals surface area (Å²) in [7, 11) is 0. The fourth-order valence-electron chi connectivity index (χ4n) is 2.82. The molecular weight excluding hydrogens is 258 g/mol. The van der Waals surface area contributed by atoms with Gasteiger partial charge in [0.2, 0.25) is 11.8 Å². The smallest absolute Gasteiger partial charge is 0.242 e. The Hall–Kier alpha value is -1.14. The SMILES string of the molecule is CCC(=O)NC1CCN(C(=O)C2(N)CCOCC2)CC1. The van der Waals surface area contributed by atoms with Gasteiger partial charge in [0.25, 0.3) is 0 Å². The molecule has 0 aliphatic carbocycles. The van der Waals surface area contributed by atoms with Crippen LogP contribution in [0.3, 0.4) is 0 Å². The minimum atomic E-state index is -0.752. The van der Waals surface area contributed by atoms with E-state index in [2.05, 4.69) is 5.32 Å². The Balaban J connectivity index is 1.84. The summed E-state index contributed by atoms with van der Waals surface area (Å²) in [6, 6.07) is 0.190. The molecule has 2 saturated heterocycles. The number of rotatable bonds is 3. The van der Waals surface area contributed by atoms with Crippen LogP contribution in [0.25, 0.3) is 0 Å². The highest BCUT2D eigenvalue weighted by atomic mass is 16.5. The molecule has 3 N–H and O–H groups in total. The number of nitrogens with zero attached hydrogens (tertiary/aromatic N) is 1. The molecule has 0 saturated carbocycles. The zero-order valence-corrected chi connectivity index (χ0v) is 12.2. The summed E-state index contributed by atoms with van der Waals surface area (Å²) in [6.07, 6.45) is 3.32. The fourth-order valence-corrected chi connectivity index (χ4v) is 2.82. The molecule has 6 nitrogen and oxygen atoms in total. The van der Waals surface area contributed by atoms with Crippen LogP contribution in [0.15, 0.2) is 0 Å². The minimum Gasteiger partial charge on any atom is -0.381 e. The summed E-state index contributed by atoms with van der Waals surface area (Å²) >= 11 is 0. The second-order valence-electron chi connectivity index (χ2n) is 5.76. The van der Waals surface area contributed by atoms with E-state index in [-0.39, 0.29) is 17.9 Å². The van der Waals surface area contributed by atoms with E-state index in [4.69, 9.17) is 10.5 Å². The molecule has 0 spiro atoms. The van der Waals surface area contributed by atoms with Gasteiger partial charge < -0.3 is 20.7 Å². The molecule has 0 aromatic carbocycles. The van der Waals surface area contributed by atoms with Crippen LogP contribution < -0.4 is 11.1 Å². The first-order valence-electron chi connectivity index (χ1n) is 7.50. The third-order valence-electron chi connectivity index (χ3n) is 4.28. The minimum absolute atomic E-state index is 0.0427. The van der Waals surface area contributed by atoms with E-state index in [1.54, 1.807) is 0 Å². The molecule has 2 heterocycles. The van der Waals surface area contributed by atoms with E-state index in [9.17, 15) is 9.59 Å². The van der Waals surface area contributed by atoms with Gasteiger partial charge >= 0.3 is 0 Å². The molecule has 2 amide bonds. The summed E-state index contributed by atoms with van der Waals surface area (Å²) < 4.78 is 5.28. The van der Waals surface area contributed by atoms with E-state index in [0.29, 0.717) is 45.6 Å². The summed E-state index contributed by atoms with van der Waals surface area (Å²) in [5, 5.41) is 2.99. The number of piperidine rings is 1. The monoisotopic (exact) mass is 283 g/mol. The van der Waals surface area contributed by atoms with Gasteiger partial charge in [0, 0.05) is 38.8 Å². The number of nitrogens with one attached hydrogen (secondary N) is 1. The van der Waals surface area contributed by atoms with Crippen molar-refractivity contribution in [3.63, 3.8) is 0 Å². The number of carbonyl (C=O) groups excluding carboxylic acids is 2. The van der Waals surface area contributed by atoms with Gasteiger partial charge in [0.15, 0.2) is 0 Å². The van der Waals surface area contributed by atoms with Crippen molar-refractivity contribution in [3.05, 3.63) is 0 Å². The molecule has 2 aliphatic rings. The van der Waals surface area contributed by atoms with E-state index < -0.39 is 5.54 Å². The Morgan fingerprint density at radius 2 is 1.90 bits per heavy atom. The zero-order chi connectivity index (χ0) is 14.6. The van der Waals surface area contributed by atoms with Crippen LogP contribution in [-0.4, -0.2) is 54.6 Å². The summed E-state index contributed by atoms with van der Waals surface area (Å²) in [4.78, 5) is 25.7. The van der Waals surface area contributed by atoms with Crippen LogP contribution in [0, 0.1) is 0 Å². The molecule has 114 valence electrons. The van der Waals surface area contributed by atoms with Crippen molar-refractivity contribution in [2.45, 2.75) is 50.6 Å². The zero-order valence-electron chi connectivity index (χ0n) is 12.2. The Labute approximate surface area is 120 Å². The van der Waals surface area contributed by atoms with Gasteiger partial charge in [0.1, 0.15) is 0 Å². The molecule has 0 bridgehead atoms. The van der Waals surface area contributed by atoms with Crippen molar-refractivity contribution in [2.75, 3.05) is 26.3 Å². The largest absolute Gasteiger partial charge is 0.381 e. The van der Waals surface area contributed by atoms with E-state index in [1.807, 2.05) is 11.8 Å². The van der Waals surface area contributed by atoms with Crippen molar-refractivity contribution in [2.24, 2.45) is 5.73 Å². The lowest BCUT2D eigenvalue weighted by Gasteiger charge is -2.40. The van der Waals surface area contributed by atoms with Gasteiger partial charge in [-0.25, -0.2) is 0 Å². The first-order chi connectivity index (χ1) is 9.55. The lowest BCUT2D eigenvalue weighted by atomic mass is 9.88. The van der Waals surface area contributed by atoms with Gasteiger partial charge in [0.05, 0.1) is 5.54 Å². The fraction of sp³-hybridized carbons (Fsp3) is 0.857. The predicted octanol–water partition coefficient (Wildman–Crippen LogP) is 0.0115. The number of carbonyl (C=O) groups is 2. The predicted molar refractivity (Wildman–Crippen MR) is 75.0 cm³/mol. The van der Waals surface area contributed by atoms with E-state index >= 15 is 0 Å². The molecular formula is C14H25N3O3. The van der Waals surface area contributed by atoms with E-state index in [1.165, 1.54) is 0 Å². The molecule has 2 aliphatic heterocycles. The maximum Gasteiger partial charge on any atom is 0.242 e. The first kappa shape index (κ1) is 15.3. The van der Waals surface area contributed by atoms with Gasteiger partial charge in [-0.2, -0.15) is 0 Å². The van der Waals surface area contributed by atoms with Crippen LogP contribution in [-0.2, 0) is 14.3 Å². The molecule has 2 fully saturated rings. The number of hydrogen-bond acceptors (Lipinski definition) is 4. The Bertz CT molecular complexity index is 359. The molecule has 0 aromatic rings. The normalized spacial score (nSPS) is 23.4. The average molecular weight is 283 g/mol. The van der Waals surface area contributed by atoms with Crippen LogP contribution in [0.1, 0.15) is 39.0 Å². The highest BCUT2D eigenvalue weighted by Gasteiger charge is 2.39. The Morgan fingerprint density at radius 3 is 2.45 bits per heavy atom. The van der Waals surface area contributed by atoms with Crippen molar-refractivity contribution in [1.29, 1.82) is 0 Å². The quantitative estimate of drug-likeness (QED) is 0.764. The molecule has 0 atom stereocenters. The third-order valence-corrected chi connectivity index (χ3v) is 4.28. The van der Waals surface area contributed by atoms with Crippen molar-refractivity contribution >= 4 is 11.8 Å². The molecule has 0 unspecified atom stereocenters. The van der Waals surface area contributed by atoms with Crippen LogP contribution >= 0.6 is 0 Å². The topological polar surface area (TPSA) is 84.7 Å². The van der Waals surface area contributed by atoms with Gasteiger partial charge in [-0.05, 0) is 25.7 Å². The highest BCUT2D eigenvalue weighted by Crippen LogP contribution is 2.22. The standard InChI is InChI=1S/C14H25N3O3/c1-2-12(18)16-11-3-7-17(8-4-11)13(19)14(15)5-9-20-10-6-14/h11H,2-10,15H2,1H3,(H,16,18).